The molecular formula is C13H18O2. The standard InChI is InChI=1S/C13H18O2/c1-2-15-9-13(14)12-7-10-5-3-4-6-11(10)8-12/h3-6,12-14H,2,7-9H2,1H3. The molecule has 2 nitrogen and oxygen atoms in total. The topological polar surface area (TPSA) is 29.5 Å². The highest BCUT2D eigenvalue weighted by atomic mass is 16.5. The zero-order valence-corrected chi connectivity index (χ0v) is 9.15. The Kier molecular flexibility index (Phi) is 3.39. The van der Waals surface area contributed by atoms with Crippen molar-refractivity contribution in [1.82, 2.24) is 0 Å². The third kappa shape index (κ3) is 2.39. The summed E-state index contributed by atoms with van der Waals surface area (Å²) in [6.45, 7) is 3.10. The minimum atomic E-state index is -0.322. The average Bonchev–Trinajstić information content (AvgIpc) is 2.69. The lowest BCUT2D eigenvalue weighted by atomic mass is 10.00. The molecule has 0 saturated heterocycles. The van der Waals surface area contributed by atoms with E-state index in [9.17, 15) is 5.11 Å². The minimum Gasteiger partial charge on any atom is -0.390 e. The van der Waals surface area contributed by atoms with Gasteiger partial charge in [-0.25, -0.2) is 0 Å². The highest BCUT2D eigenvalue weighted by molar-refractivity contribution is 5.32. The van der Waals surface area contributed by atoms with Gasteiger partial charge >= 0.3 is 0 Å². The van der Waals surface area contributed by atoms with Gasteiger partial charge < -0.3 is 9.84 Å². The number of hydrogen-bond donors (Lipinski definition) is 1. The fraction of sp³-hybridized carbons (Fsp3) is 0.538. The fourth-order valence-corrected chi connectivity index (χ4v) is 2.24. The minimum absolute atomic E-state index is 0.322. The monoisotopic (exact) mass is 206 g/mol. The summed E-state index contributed by atoms with van der Waals surface area (Å²) in [6.07, 6.45) is 1.66. The van der Waals surface area contributed by atoms with Crippen molar-refractivity contribution in [3.63, 3.8) is 0 Å². The Labute approximate surface area is 90.9 Å². The maximum atomic E-state index is 9.93. The lowest BCUT2D eigenvalue weighted by molar-refractivity contribution is 0.0115. The van der Waals surface area contributed by atoms with Gasteiger partial charge in [0.2, 0.25) is 0 Å². The van der Waals surface area contributed by atoms with Crippen LogP contribution in [0.2, 0.25) is 0 Å². The van der Waals surface area contributed by atoms with E-state index in [1.807, 2.05) is 6.92 Å². The SMILES string of the molecule is CCOCC(O)C1Cc2ccccc2C1. The molecule has 82 valence electrons. The highest BCUT2D eigenvalue weighted by Gasteiger charge is 2.26. The van der Waals surface area contributed by atoms with Crippen LogP contribution in [0.3, 0.4) is 0 Å². The van der Waals surface area contributed by atoms with Crippen LogP contribution in [-0.2, 0) is 17.6 Å². The van der Waals surface area contributed by atoms with Gasteiger partial charge in [-0.05, 0) is 36.8 Å². The second kappa shape index (κ2) is 4.77. The van der Waals surface area contributed by atoms with Gasteiger partial charge in [0, 0.05) is 6.61 Å². The van der Waals surface area contributed by atoms with E-state index in [2.05, 4.69) is 24.3 Å². The normalized spacial score (nSPS) is 17.7. The van der Waals surface area contributed by atoms with Gasteiger partial charge in [-0.3, -0.25) is 0 Å². The summed E-state index contributed by atoms with van der Waals surface area (Å²) in [7, 11) is 0. The molecule has 2 rings (SSSR count). The van der Waals surface area contributed by atoms with E-state index in [-0.39, 0.29) is 6.10 Å². The van der Waals surface area contributed by atoms with Crippen LogP contribution in [-0.4, -0.2) is 24.4 Å². The van der Waals surface area contributed by atoms with Crippen LogP contribution in [0.25, 0.3) is 0 Å². The summed E-state index contributed by atoms with van der Waals surface area (Å²) >= 11 is 0. The summed E-state index contributed by atoms with van der Waals surface area (Å²) in [4.78, 5) is 0. The zero-order chi connectivity index (χ0) is 10.7. The van der Waals surface area contributed by atoms with E-state index in [0.29, 0.717) is 19.1 Å². The predicted octanol–water partition coefficient (Wildman–Crippen LogP) is 1.80. The van der Waals surface area contributed by atoms with E-state index in [1.54, 1.807) is 0 Å². The van der Waals surface area contributed by atoms with E-state index in [1.165, 1.54) is 11.1 Å². The molecule has 0 heterocycles. The van der Waals surface area contributed by atoms with E-state index in [4.69, 9.17) is 4.74 Å². The first-order valence-corrected chi connectivity index (χ1v) is 5.64. The molecule has 1 aromatic carbocycles. The second-order valence-electron chi connectivity index (χ2n) is 4.16. The molecule has 0 bridgehead atoms. The van der Waals surface area contributed by atoms with Crippen LogP contribution in [0.15, 0.2) is 24.3 Å². The quantitative estimate of drug-likeness (QED) is 0.814. The first-order chi connectivity index (χ1) is 7.31. The summed E-state index contributed by atoms with van der Waals surface area (Å²) < 4.78 is 5.26. The maximum Gasteiger partial charge on any atom is 0.0808 e. The Balaban J connectivity index is 1.94. The Morgan fingerprint density at radius 1 is 1.33 bits per heavy atom. The van der Waals surface area contributed by atoms with Gasteiger partial charge in [-0.2, -0.15) is 0 Å². The second-order valence-corrected chi connectivity index (χ2v) is 4.16. The molecule has 0 amide bonds. The molecule has 1 atom stereocenters. The van der Waals surface area contributed by atoms with Gasteiger partial charge in [0.25, 0.3) is 0 Å². The molecule has 0 aromatic heterocycles. The summed E-state index contributed by atoms with van der Waals surface area (Å²) in [6, 6.07) is 8.44. The molecule has 2 heteroatoms. The van der Waals surface area contributed by atoms with Crippen LogP contribution in [0.5, 0.6) is 0 Å². The van der Waals surface area contributed by atoms with Crippen LogP contribution in [0.4, 0.5) is 0 Å². The van der Waals surface area contributed by atoms with Crippen LogP contribution in [0, 0.1) is 5.92 Å². The molecule has 1 aliphatic carbocycles. The summed E-state index contributed by atoms with van der Waals surface area (Å²) in [5.41, 5.74) is 2.77. The molecule has 0 fully saturated rings. The number of hydrogen-bond acceptors (Lipinski definition) is 2. The van der Waals surface area contributed by atoms with Gasteiger partial charge in [-0.1, -0.05) is 24.3 Å². The first-order valence-electron chi connectivity index (χ1n) is 5.64. The largest absolute Gasteiger partial charge is 0.390 e. The number of aliphatic hydroxyl groups excluding tert-OH is 1. The van der Waals surface area contributed by atoms with Gasteiger partial charge in [0.1, 0.15) is 0 Å². The Bertz CT molecular complexity index is 297. The fourth-order valence-electron chi connectivity index (χ4n) is 2.24. The lowest BCUT2D eigenvalue weighted by Gasteiger charge is -2.17. The third-order valence-corrected chi connectivity index (χ3v) is 3.12. The van der Waals surface area contributed by atoms with Crippen molar-refractivity contribution in [2.24, 2.45) is 5.92 Å². The molecule has 0 aliphatic heterocycles. The van der Waals surface area contributed by atoms with Crippen molar-refractivity contribution in [3.8, 4) is 0 Å². The van der Waals surface area contributed by atoms with Gasteiger partial charge in [-0.15, -0.1) is 0 Å². The molecule has 1 N–H and O–H groups in total. The molecule has 1 unspecified atom stereocenters. The average molecular weight is 206 g/mol. The molecule has 1 aliphatic rings. The Hall–Kier alpha value is -0.860. The maximum absolute atomic E-state index is 9.93. The van der Waals surface area contributed by atoms with E-state index < -0.39 is 0 Å². The van der Waals surface area contributed by atoms with Crippen molar-refractivity contribution in [2.45, 2.75) is 25.9 Å². The summed E-state index contributed by atoms with van der Waals surface area (Å²) in [5.74, 6) is 0.342. The molecule has 0 saturated carbocycles. The predicted molar refractivity (Wildman–Crippen MR) is 59.8 cm³/mol. The van der Waals surface area contributed by atoms with Crippen molar-refractivity contribution in [3.05, 3.63) is 35.4 Å². The smallest absolute Gasteiger partial charge is 0.0808 e. The number of rotatable bonds is 4. The third-order valence-electron chi connectivity index (χ3n) is 3.12. The van der Waals surface area contributed by atoms with Crippen molar-refractivity contribution in [2.75, 3.05) is 13.2 Å². The van der Waals surface area contributed by atoms with Gasteiger partial charge in [0.15, 0.2) is 0 Å². The van der Waals surface area contributed by atoms with Crippen LogP contribution in [0.1, 0.15) is 18.1 Å². The molecule has 15 heavy (non-hydrogen) atoms. The van der Waals surface area contributed by atoms with E-state index >= 15 is 0 Å². The van der Waals surface area contributed by atoms with Crippen molar-refractivity contribution >= 4 is 0 Å². The van der Waals surface area contributed by atoms with Gasteiger partial charge in [0.05, 0.1) is 12.7 Å². The molecular weight excluding hydrogens is 188 g/mol. The summed E-state index contributed by atoms with van der Waals surface area (Å²) in [5, 5.41) is 9.93. The Morgan fingerprint density at radius 3 is 2.47 bits per heavy atom. The zero-order valence-electron chi connectivity index (χ0n) is 9.15. The van der Waals surface area contributed by atoms with Crippen molar-refractivity contribution < 1.29 is 9.84 Å². The van der Waals surface area contributed by atoms with Crippen LogP contribution >= 0.6 is 0 Å². The van der Waals surface area contributed by atoms with Crippen molar-refractivity contribution in [1.29, 1.82) is 0 Å². The molecule has 0 radical (unpaired) electrons. The number of aliphatic hydroxyl groups is 1. The molecule has 0 spiro atoms. The first kappa shape index (κ1) is 10.7. The number of benzene rings is 1. The van der Waals surface area contributed by atoms with E-state index in [0.717, 1.165) is 12.8 Å². The number of ether oxygens (including phenoxy) is 1. The molecule has 1 aromatic rings. The van der Waals surface area contributed by atoms with Crippen LogP contribution < -0.4 is 0 Å². The lowest BCUT2D eigenvalue weighted by Crippen LogP contribution is -2.26. The Morgan fingerprint density at radius 2 is 1.93 bits per heavy atom. The highest BCUT2D eigenvalue weighted by Crippen LogP contribution is 2.28. The number of fused-ring (bicyclic) bond motifs is 1.